The standard InChI is InChI=1S/C10H14N2O/c1-12(7-10-8-13-10)6-9-2-4-11-5-3-9/h2-5,10H,6-8H2,1H3. The van der Waals surface area contributed by atoms with Crippen LogP contribution in [0.1, 0.15) is 5.56 Å². The van der Waals surface area contributed by atoms with Gasteiger partial charge in [0.1, 0.15) is 0 Å². The molecule has 70 valence electrons. The van der Waals surface area contributed by atoms with Gasteiger partial charge >= 0.3 is 0 Å². The molecule has 1 aliphatic heterocycles. The topological polar surface area (TPSA) is 28.7 Å². The zero-order chi connectivity index (χ0) is 9.10. The number of likely N-dealkylation sites (N-methyl/N-ethyl adjacent to an activating group) is 1. The Morgan fingerprint density at radius 3 is 2.85 bits per heavy atom. The van der Waals surface area contributed by atoms with Gasteiger partial charge in [0, 0.05) is 25.5 Å². The molecule has 3 heteroatoms. The van der Waals surface area contributed by atoms with Gasteiger partial charge in [-0.25, -0.2) is 0 Å². The average Bonchev–Trinajstić information content (AvgIpc) is 2.90. The maximum Gasteiger partial charge on any atom is 0.0936 e. The smallest absolute Gasteiger partial charge is 0.0936 e. The lowest BCUT2D eigenvalue weighted by Gasteiger charge is -2.14. The molecule has 0 spiro atoms. The van der Waals surface area contributed by atoms with Gasteiger partial charge in [-0.2, -0.15) is 0 Å². The summed E-state index contributed by atoms with van der Waals surface area (Å²) in [6, 6.07) is 4.09. The zero-order valence-electron chi connectivity index (χ0n) is 7.81. The first-order valence-corrected chi connectivity index (χ1v) is 4.53. The number of nitrogens with zero attached hydrogens (tertiary/aromatic N) is 2. The van der Waals surface area contributed by atoms with E-state index in [0.717, 1.165) is 19.7 Å². The predicted molar refractivity (Wildman–Crippen MR) is 50.3 cm³/mol. The molecular formula is C10H14N2O. The van der Waals surface area contributed by atoms with E-state index in [-0.39, 0.29) is 0 Å². The van der Waals surface area contributed by atoms with Crippen molar-refractivity contribution in [3.8, 4) is 0 Å². The normalized spacial score (nSPS) is 20.6. The molecule has 1 aromatic heterocycles. The molecule has 13 heavy (non-hydrogen) atoms. The quantitative estimate of drug-likeness (QED) is 0.642. The number of hydrogen-bond donors (Lipinski definition) is 0. The molecule has 0 bridgehead atoms. The van der Waals surface area contributed by atoms with Gasteiger partial charge in [0.2, 0.25) is 0 Å². The Hall–Kier alpha value is -0.930. The van der Waals surface area contributed by atoms with Crippen LogP contribution in [-0.4, -0.2) is 36.2 Å². The van der Waals surface area contributed by atoms with Crippen LogP contribution in [0.3, 0.4) is 0 Å². The Labute approximate surface area is 78.3 Å². The molecule has 0 radical (unpaired) electrons. The summed E-state index contributed by atoms with van der Waals surface area (Å²) in [4.78, 5) is 6.25. The maximum atomic E-state index is 5.16. The Balaban J connectivity index is 1.82. The van der Waals surface area contributed by atoms with Gasteiger partial charge in [0.15, 0.2) is 0 Å². The number of pyridine rings is 1. The van der Waals surface area contributed by atoms with Gasteiger partial charge in [0.25, 0.3) is 0 Å². The minimum absolute atomic E-state index is 0.479. The number of hydrogen-bond acceptors (Lipinski definition) is 3. The molecule has 1 atom stereocenters. The molecule has 1 fully saturated rings. The van der Waals surface area contributed by atoms with E-state index in [1.807, 2.05) is 24.5 Å². The van der Waals surface area contributed by atoms with E-state index in [0.29, 0.717) is 6.10 Å². The van der Waals surface area contributed by atoms with Crippen molar-refractivity contribution < 1.29 is 4.74 Å². The lowest BCUT2D eigenvalue weighted by molar-refractivity contribution is 0.278. The van der Waals surface area contributed by atoms with Crippen molar-refractivity contribution in [1.82, 2.24) is 9.88 Å². The maximum absolute atomic E-state index is 5.16. The van der Waals surface area contributed by atoms with Gasteiger partial charge in [0.05, 0.1) is 12.7 Å². The lowest BCUT2D eigenvalue weighted by atomic mass is 10.2. The summed E-state index contributed by atoms with van der Waals surface area (Å²) in [5.74, 6) is 0. The van der Waals surface area contributed by atoms with Gasteiger partial charge in [-0.1, -0.05) is 0 Å². The Morgan fingerprint density at radius 2 is 2.23 bits per heavy atom. The van der Waals surface area contributed by atoms with Crippen LogP contribution in [0.25, 0.3) is 0 Å². The predicted octanol–water partition coefficient (Wildman–Crippen LogP) is 0.912. The van der Waals surface area contributed by atoms with E-state index in [1.165, 1.54) is 5.56 Å². The molecule has 1 aliphatic rings. The first-order chi connectivity index (χ1) is 6.34. The Kier molecular flexibility index (Phi) is 2.57. The summed E-state index contributed by atoms with van der Waals surface area (Å²) in [6.07, 6.45) is 4.14. The van der Waals surface area contributed by atoms with Crippen molar-refractivity contribution in [2.24, 2.45) is 0 Å². The third-order valence-corrected chi connectivity index (χ3v) is 2.12. The SMILES string of the molecule is CN(Cc1ccncc1)CC1CO1. The van der Waals surface area contributed by atoms with Crippen LogP contribution < -0.4 is 0 Å². The van der Waals surface area contributed by atoms with Crippen molar-refractivity contribution in [3.63, 3.8) is 0 Å². The van der Waals surface area contributed by atoms with Crippen LogP contribution >= 0.6 is 0 Å². The highest BCUT2D eigenvalue weighted by atomic mass is 16.6. The van der Waals surface area contributed by atoms with Crippen molar-refractivity contribution in [1.29, 1.82) is 0 Å². The van der Waals surface area contributed by atoms with Crippen LogP contribution in [0.4, 0.5) is 0 Å². The van der Waals surface area contributed by atoms with Crippen molar-refractivity contribution in [3.05, 3.63) is 30.1 Å². The van der Waals surface area contributed by atoms with Gasteiger partial charge in [-0.15, -0.1) is 0 Å². The minimum Gasteiger partial charge on any atom is -0.372 e. The highest BCUT2D eigenvalue weighted by Gasteiger charge is 2.23. The third-order valence-electron chi connectivity index (χ3n) is 2.12. The van der Waals surface area contributed by atoms with Gasteiger partial charge < -0.3 is 4.74 Å². The van der Waals surface area contributed by atoms with Gasteiger partial charge in [-0.3, -0.25) is 9.88 Å². The first-order valence-electron chi connectivity index (χ1n) is 4.53. The molecule has 0 amide bonds. The van der Waals surface area contributed by atoms with E-state index in [4.69, 9.17) is 4.74 Å². The fraction of sp³-hybridized carbons (Fsp3) is 0.500. The molecule has 3 nitrogen and oxygen atoms in total. The Bertz CT molecular complexity index is 259. The summed E-state index contributed by atoms with van der Waals surface area (Å²) in [5, 5.41) is 0. The molecule has 2 rings (SSSR count). The highest BCUT2D eigenvalue weighted by molar-refractivity contribution is 5.09. The molecule has 0 N–H and O–H groups in total. The van der Waals surface area contributed by atoms with Crippen LogP contribution in [0.2, 0.25) is 0 Å². The summed E-state index contributed by atoms with van der Waals surface area (Å²) >= 11 is 0. The van der Waals surface area contributed by atoms with Crippen molar-refractivity contribution in [2.75, 3.05) is 20.2 Å². The highest BCUT2D eigenvalue weighted by Crippen LogP contribution is 2.11. The lowest BCUT2D eigenvalue weighted by Crippen LogP contribution is -2.22. The molecular weight excluding hydrogens is 164 g/mol. The summed E-state index contributed by atoms with van der Waals surface area (Å²) in [5.41, 5.74) is 1.30. The van der Waals surface area contributed by atoms with E-state index < -0.39 is 0 Å². The van der Waals surface area contributed by atoms with E-state index in [9.17, 15) is 0 Å². The second kappa shape index (κ2) is 3.85. The monoisotopic (exact) mass is 178 g/mol. The van der Waals surface area contributed by atoms with Crippen LogP contribution in [0, 0.1) is 0 Å². The molecule has 2 heterocycles. The molecule has 0 aromatic carbocycles. The van der Waals surface area contributed by atoms with Crippen LogP contribution in [0.15, 0.2) is 24.5 Å². The molecule has 0 aliphatic carbocycles. The van der Waals surface area contributed by atoms with Crippen molar-refractivity contribution in [2.45, 2.75) is 12.6 Å². The second-order valence-corrected chi connectivity index (χ2v) is 3.51. The number of aromatic nitrogens is 1. The fourth-order valence-corrected chi connectivity index (χ4v) is 1.39. The van der Waals surface area contributed by atoms with Crippen LogP contribution in [-0.2, 0) is 11.3 Å². The average molecular weight is 178 g/mol. The van der Waals surface area contributed by atoms with Gasteiger partial charge in [-0.05, 0) is 24.7 Å². The fourth-order valence-electron chi connectivity index (χ4n) is 1.39. The van der Waals surface area contributed by atoms with Crippen molar-refractivity contribution >= 4 is 0 Å². The third kappa shape index (κ3) is 2.79. The van der Waals surface area contributed by atoms with E-state index in [1.54, 1.807) is 0 Å². The summed E-state index contributed by atoms with van der Waals surface area (Å²) in [6.45, 7) is 2.94. The summed E-state index contributed by atoms with van der Waals surface area (Å²) < 4.78 is 5.16. The second-order valence-electron chi connectivity index (χ2n) is 3.51. The molecule has 1 unspecified atom stereocenters. The number of ether oxygens (including phenoxy) is 1. The largest absolute Gasteiger partial charge is 0.372 e. The first kappa shape index (κ1) is 8.66. The number of rotatable bonds is 4. The summed E-state index contributed by atoms with van der Waals surface area (Å²) in [7, 11) is 2.11. The van der Waals surface area contributed by atoms with Crippen LogP contribution in [0.5, 0.6) is 0 Å². The Morgan fingerprint density at radius 1 is 1.54 bits per heavy atom. The minimum atomic E-state index is 0.479. The zero-order valence-corrected chi connectivity index (χ0v) is 7.81. The molecule has 1 saturated heterocycles. The number of epoxide rings is 1. The molecule has 0 saturated carbocycles. The van der Waals surface area contributed by atoms with E-state index in [2.05, 4.69) is 16.9 Å². The van der Waals surface area contributed by atoms with E-state index >= 15 is 0 Å². The molecule has 1 aromatic rings.